The Bertz CT molecular complexity index is 1820. The van der Waals surface area contributed by atoms with Crippen molar-refractivity contribution in [3.8, 4) is 22.1 Å². The predicted octanol–water partition coefficient (Wildman–Crippen LogP) is 4.30. The Kier molecular flexibility index (Phi) is 5.32. The van der Waals surface area contributed by atoms with Crippen molar-refractivity contribution in [2.24, 2.45) is 0 Å². The van der Waals surface area contributed by atoms with Crippen LogP contribution in [0.5, 0.6) is 6.01 Å². The van der Waals surface area contributed by atoms with E-state index in [9.17, 15) is 13.2 Å². The van der Waals surface area contributed by atoms with Gasteiger partial charge in [0.2, 0.25) is 5.95 Å². The summed E-state index contributed by atoms with van der Waals surface area (Å²) in [5, 5.41) is 0.603. The second kappa shape index (κ2) is 8.32. The maximum absolute atomic E-state index is 13.7. The topological polar surface area (TPSA) is 99.3 Å². The van der Waals surface area contributed by atoms with Crippen LogP contribution < -0.4 is 14.6 Å². The van der Waals surface area contributed by atoms with Crippen LogP contribution in [0.1, 0.15) is 6.42 Å². The van der Waals surface area contributed by atoms with Crippen molar-refractivity contribution in [2.45, 2.75) is 13.0 Å². The van der Waals surface area contributed by atoms with Crippen molar-refractivity contribution >= 4 is 60.3 Å². The number of rotatable bonds is 4. The lowest BCUT2D eigenvalue weighted by Crippen LogP contribution is -2.28. The summed E-state index contributed by atoms with van der Waals surface area (Å²) >= 11 is 7.29. The van der Waals surface area contributed by atoms with Crippen molar-refractivity contribution < 1.29 is 12.6 Å². The van der Waals surface area contributed by atoms with E-state index in [1.807, 2.05) is 25.2 Å². The molecule has 0 unspecified atom stereocenters. The van der Waals surface area contributed by atoms with E-state index < -0.39 is 15.7 Å². The lowest BCUT2D eigenvalue weighted by atomic mass is 10.2. The Morgan fingerprint density at radius 1 is 1.03 bits per heavy atom. The molecule has 184 valence electrons. The summed E-state index contributed by atoms with van der Waals surface area (Å²) in [5.74, 6) is 0.854. The minimum absolute atomic E-state index is 0.323. The Hall–Kier alpha value is -3.41. The quantitative estimate of drug-likeness (QED) is 0.313. The van der Waals surface area contributed by atoms with Crippen LogP contribution in [0.25, 0.3) is 37.4 Å². The van der Waals surface area contributed by atoms with Gasteiger partial charge < -0.3 is 13.7 Å². The predicted molar refractivity (Wildman–Crippen MR) is 142 cm³/mol. The highest BCUT2D eigenvalue weighted by molar-refractivity contribution is 7.86. The average Bonchev–Trinajstić information content (AvgIpc) is 3.41. The van der Waals surface area contributed by atoms with Crippen LogP contribution in [-0.4, -0.2) is 47.4 Å². The van der Waals surface area contributed by atoms with Gasteiger partial charge in [0.05, 0.1) is 28.5 Å². The highest BCUT2D eigenvalue weighted by Crippen LogP contribution is 2.34. The molecule has 12 heteroatoms. The number of anilines is 1. The molecule has 3 aromatic heterocycles. The van der Waals surface area contributed by atoms with Crippen LogP contribution in [0.2, 0.25) is 5.02 Å². The molecule has 0 fully saturated rings. The van der Waals surface area contributed by atoms with Gasteiger partial charge in [0.1, 0.15) is 4.70 Å². The molecule has 9 nitrogen and oxygen atoms in total. The van der Waals surface area contributed by atoms with E-state index in [4.69, 9.17) is 20.8 Å². The highest BCUT2D eigenvalue weighted by atomic mass is 35.5. The van der Waals surface area contributed by atoms with Gasteiger partial charge in [-0.25, -0.2) is 9.55 Å². The summed E-state index contributed by atoms with van der Waals surface area (Å²) in [5.41, 5.74) is 2.85. The first-order chi connectivity index (χ1) is 17.2. The van der Waals surface area contributed by atoms with Crippen LogP contribution in [0, 0.1) is 0 Å². The van der Waals surface area contributed by atoms with E-state index in [2.05, 4.69) is 14.5 Å². The molecule has 0 amide bonds. The molecule has 5 aromatic rings. The van der Waals surface area contributed by atoms with Gasteiger partial charge in [-0.3, -0.25) is 4.79 Å². The van der Waals surface area contributed by atoms with Gasteiger partial charge in [0, 0.05) is 30.0 Å². The summed E-state index contributed by atoms with van der Waals surface area (Å²) in [6.07, 6.45) is 1.93. The van der Waals surface area contributed by atoms with E-state index in [0.29, 0.717) is 26.4 Å². The molecule has 0 saturated carbocycles. The zero-order valence-corrected chi connectivity index (χ0v) is 21.7. The second-order valence-corrected chi connectivity index (χ2v) is 11.7. The van der Waals surface area contributed by atoms with Crippen LogP contribution in [0.15, 0.2) is 53.3 Å². The molecule has 1 aliphatic heterocycles. The van der Waals surface area contributed by atoms with Gasteiger partial charge in [0.15, 0.2) is 0 Å². The summed E-state index contributed by atoms with van der Waals surface area (Å²) in [6.45, 7) is 1.77. The first-order valence-corrected chi connectivity index (χ1v) is 14.1. The standard InChI is InChI=1S/C24H20ClN5O4S2/c1-28-10-3-11-29-19-9-8-16(12-17(19)26-23(28)29)30-22(31)21-18(27-24(30)34-36(2,32)33)13-20(35-21)14-4-6-15(25)7-5-14/h4-9,12-13H,3,10-11H2,1-2H3. The number of hydrogen-bond donors (Lipinski definition) is 0. The van der Waals surface area contributed by atoms with E-state index in [1.54, 1.807) is 30.3 Å². The summed E-state index contributed by atoms with van der Waals surface area (Å²) in [7, 11) is -1.96. The molecule has 4 heterocycles. The van der Waals surface area contributed by atoms with E-state index >= 15 is 0 Å². The van der Waals surface area contributed by atoms with Crippen molar-refractivity contribution in [2.75, 3.05) is 24.7 Å². The summed E-state index contributed by atoms with van der Waals surface area (Å²) < 4.78 is 33.0. The number of fused-ring (bicyclic) bond motifs is 4. The number of halogens is 1. The Morgan fingerprint density at radius 2 is 1.81 bits per heavy atom. The van der Waals surface area contributed by atoms with Gasteiger partial charge in [-0.15, -0.1) is 11.3 Å². The minimum Gasteiger partial charge on any atom is -0.345 e. The lowest BCUT2D eigenvalue weighted by molar-refractivity contribution is 0.460. The fourth-order valence-corrected chi connectivity index (χ4v) is 6.00. The molecule has 0 bridgehead atoms. The van der Waals surface area contributed by atoms with Gasteiger partial charge >= 0.3 is 16.1 Å². The molecule has 0 N–H and O–H groups in total. The number of thiophene rings is 1. The lowest BCUT2D eigenvalue weighted by Gasteiger charge is -2.24. The van der Waals surface area contributed by atoms with Gasteiger partial charge in [-0.2, -0.15) is 13.4 Å². The first-order valence-electron chi connectivity index (χ1n) is 11.1. The third-order valence-electron chi connectivity index (χ3n) is 6.06. The van der Waals surface area contributed by atoms with Crippen LogP contribution in [0.3, 0.4) is 0 Å². The Balaban J connectivity index is 1.57. The summed E-state index contributed by atoms with van der Waals surface area (Å²) in [4.78, 5) is 25.8. The van der Waals surface area contributed by atoms with E-state index in [1.165, 1.54) is 15.9 Å². The minimum atomic E-state index is -3.96. The maximum Gasteiger partial charge on any atom is 0.321 e. The van der Waals surface area contributed by atoms with Crippen molar-refractivity contribution in [3.63, 3.8) is 0 Å². The van der Waals surface area contributed by atoms with Crippen LogP contribution >= 0.6 is 22.9 Å². The van der Waals surface area contributed by atoms with E-state index in [-0.39, 0.29) is 6.01 Å². The van der Waals surface area contributed by atoms with Crippen molar-refractivity contribution in [3.05, 3.63) is 63.9 Å². The molecule has 0 radical (unpaired) electrons. The van der Waals surface area contributed by atoms with Crippen LogP contribution in [-0.2, 0) is 16.7 Å². The number of aromatic nitrogens is 4. The van der Waals surface area contributed by atoms with Crippen molar-refractivity contribution in [1.82, 2.24) is 19.1 Å². The molecule has 0 spiro atoms. The van der Waals surface area contributed by atoms with Gasteiger partial charge in [-0.05, 0) is 48.4 Å². The number of benzene rings is 2. The fourth-order valence-electron chi connectivity index (χ4n) is 4.46. The normalized spacial score (nSPS) is 13.9. The number of nitrogens with zero attached hydrogens (tertiary/aromatic N) is 5. The zero-order chi connectivity index (χ0) is 25.2. The first kappa shape index (κ1) is 23.0. The molecule has 2 aromatic carbocycles. The third kappa shape index (κ3) is 3.93. The van der Waals surface area contributed by atoms with Gasteiger partial charge in [-0.1, -0.05) is 23.7 Å². The smallest absolute Gasteiger partial charge is 0.321 e. The monoisotopic (exact) mass is 541 g/mol. The molecule has 36 heavy (non-hydrogen) atoms. The Morgan fingerprint density at radius 3 is 2.56 bits per heavy atom. The molecular weight excluding hydrogens is 522 g/mol. The van der Waals surface area contributed by atoms with Crippen molar-refractivity contribution in [1.29, 1.82) is 0 Å². The molecule has 0 aliphatic carbocycles. The number of aryl methyl sites for hydroxylation is 1. The zero-order valence-electron chi connectivity index (χ0n) is 19.3. The van der Waals surface area contributed by atoms with Gasteiger partial charge in [0.25, 0.3) is 5.56 Å². The molecular formula is C24H20ClN5O4S2. The summed E-state index contributed by atoms with van der Waals surface area (Å²) in [6, 6.07) is 14.0. The molecule has 0 saturated heterocycles. The average molecular weight is 542 g/mol. The van der Waals surface area contributed by atoms with E-state index in [0.717, 1.165) is 47.7 Å². The third-order valence-corrected chi connectivity index (χ3v) is 7.92. The highest BCUT2D eigenvalue weighted by Gasteiger charge is 2.23. The maximum atomic E-state index is 13.7. The largest absolute Gasteiger partial charge is 0.345 e. The molecule has 1 aliphatic rings. The number of hydrogen-bond acceptors (Lipinski definition) is 8. The second-order valence-electron chi connectivity index (χ2n) is 8.67. The molecule has 0 atom stereocenters. The van der Waals surface area contributed by atoms with Crippen LogP contribution in [0.4, 0.5) is 5.95 Å². The fraction of sp³-hybridized carbons (Fsp3) is 0.208. The molecule has 6 rings (SSSR count). The SMILES string of the molecule is CN1CCCn2c1nc1cc(-n3c(OS(C)(=O)=O)nc4cc(-c5ccc(Cl)cc5)sc4c3=O)ccc12. The Labute approximate surface area is 215 Å². The number of imidazole rings is 1.